The van der Waals surface area contributed by atoms with E-state index in [-0.39, 0.29) is 0 Å². The lowest BCUT2D eigenvalue weighted by Gasteiger charge is -2.24. The maximum atomic E-state index is 2.56. The van der Waals surface area contributed by atoms with Crippen molar-refractivity contribution in [3.8, 4) is 0 Å². The van der Waals surface area contributed by atoms with Gasteiger partial charge in [0.05, 0.1) is 0 Å². The van der Waals surface area contributed by atoms with E-state index in [0.717, 1.165) is 5.92 Å². The minimum absolute atomic E-state index is 0.911. The summed E-state index contributed by atoms with van der Waals surface area (Å²) in [4.78, 5) is 2.56. The first-order chi connectivity index (χ1) is 4.77. The molecule has 1 nitrogen and oxygen atoms in total. The molecule has 2 atom stereocenters. The molecule has 1 saturated heterocycles. The monoisotopic (exact) mass is 137 g/mol. The largest absolute Gasteiger partial charge is 0.299 e. The van der Waals surface area contributed by atoms with Crippen LogP contribution in [0.2, 0.25) is 0 Å². The molecule has 1 fully saturated rings. The minimum atomic E-state index is 0.911. The Kier molecular flexibility index (Phi) is 1.34. The van der Waals surface area contributed by atoms with E-state index in [0.29, 0.717) is 0 Å². The maximum Gasteiger partial charge on any atom is 0.0193 e. The average Bonchev–Trinajstić information content (AvgIpc) is 2.29. The van der Waals surface area contributed by atoms with Gasteiger partial charge in [-0.2, -0.15) is 0 Å². The van der Waals surface area contributed by atoms with Crippen LogP contribution >= 0.6 is 0 Å². The third-order valence-electron chi connectivity index (χ3n) is 3.02. The lowest BCUT2D eigenvalue weighted by Crippen LogP contribution is -2.27. The van der Waals surface area contributed by atoms with Crippen LogP contribution in [-0.4, -0.2) is 24.5 Å². The van der Waals surface area contributed by atoms with Crippen molar-refractivity contribution in [2.24, 2.45) is 5.92 Å². The molecule has 2 unspecified atom stereocenters. The summed E-state index contributed by atoms with van der Waals surface area (Å²) in [6.07, 6.45) is 1.41. The van der Waals surface area contributed by atoms with Gasteiger partial charge in [0.15, 0.2) is 0 Å². The smallest absolute Gasteiger partial charge is 0.0193 e. The summed E-state index contributed by atoms with van der Waals surface area (Å²) >= 11 is 0. The fraction of sp³-hybridized carbons (Fsp3) is 0.778. The molecule has 56 valence electrons. The highest BCUT2D eigenvalue weighted by Crippen LogP contribution is 2.30. The zero-order valence-electron chi connectivity index (χ0n) is 6.85. The Morgan fingerprint density at radius 2 is 2.20 bits per heavy atom. The van der Waals surface area contributed by atoms with Gasteiger partial charge in [0.25, 0.3) is 0 Å². The molecule has 0 N–H and O–H groups in total. The third-order valence-corrected chi connectivity index (χ3v) is 3.02. The number of hydrogen-bond acceptors (Lipinski definition) is 1. The number of nitrogens with zero attached hydrogens (tertiary/aromatic N) is 1. The van der Waals surface area contributed by atoms with E-state index < -0.39 is 0 Å². The highest BCUT2D eigenvalue weighted by atomic mass is 15.2. The summed E-state index contributed by atoms with van der Waals surface area (Å²) in [5.74, 6) is 0.911. The second-order valence-corrected chi connectivity index (χ2v) is 3.68. The quantitative estimate of drug-likeness (QED) is 0.459. The van der Waals surface area contributed by atoms with Crippen LogP contribution in [-0.2, 0) is 0 Å². The molecule has 10 heavy (non-hydrogen) atoms. The Bertz CT molecular complexity index is 181. The summed E-state index contributed by atoms with van der Waals surface area (Å²) < 4.78 is 0. The molecule has 0 saturated carbocycles. The Morgan fingerprint density at radius 1 is 1.40 bits per heavy atom. The van der Waals surface area contributed by atoms with Crippen LogP contribution in [0.25, 0.3) is 0 Å². The molecule has 0 aromatic carbocycles. The normalized spacial score (nSPS) is 39.0. The molecule has 2 rings (SSSR count). The van der Waals surface area contributed by atoms with Gasteiger partial charge >= 0.3 is 0 Å². The predicted octanol–water partition coefficient (Wildman–Crippen LogP) is 1.66. The van der Waals surface area contributed by atoms with Crippen LogP contribution in [0.4, 0.5) is 0 Å². The van der Waals surface area contributed by atoms with E-state index in [2.05, 4.69) is 18.7 Å². The number of rotatable bonds is 0. The minimum Gasteiger partial charge on any atom is -0.299 e. The van der Waals surface area contributed by atoms with Crippen molar-refractivity contribution in [2.45, 2.75) is 20.3 Å². The van der Waals surface area contributed by atoms with Gasteiger partial charge in [0.1, 0.15) is 0 Å². The molecule has 0 amide bonds. The number of hydrogen-bond donors (Lipinski definition) is 0. The van der Waals surface area contributed by atoms with E-state index in [9.17, 15) is 0 Å². The molecular formula is C9H15N. The van der Waals surface area contributed by atoms with Gasteiger partial charge in [-0.1, -0.05) is 11.1 Å². The van der Waals surface area contributed by atoms with Gasteiger partial charge in [-0.3, -0.25) is 4.90 Å². The average molecular weight is 137 g/mol. The molecule has 0 aliphatic carbocycles. The molecule has 2 bridgehead atoms. The summed E-state index contributed by atoms with van der Waals surface area (Å²) in [7, 11) is 0. The van der Waals surface area contributed by atoms with E-state index in [1.165, 1.54) is 26.1 Å². The van der Waals surface area contributed by atoms with Gasteiger partial charge in [-0.15, -0.1) is 0 Å². The molecule has 0 radical (unpaired) electrons. The topological polar surface area (TPSA) is 3.24 Å². The van der Waals surface area contributed by atoms with Crippen molar-refractivity contribution in [1.29, 1.82) is 0 Å². The van der Waals surface area contributed by atoms with Gasteiger partial charge in [-0.05, 0) is 32.7 Å². The van der Waals surface area contributed by atoms with E-state index in [4.69, 9.17) is 0 Å². The zero-order chi connectivity index (χ0) is 7.14. The van der Waals surface area contributed by atoms with Gasteiger partial charge in [0, 0.05) is 13.1 Å². The van der Waals surface area contributed by atoms with Crippen molar-refractivity contribution in [3.05, 3.63) is 11.1 Å². The highest BCUT2D eigenvalue weighted by Gasteiger charge is 2.28. The Balaban J connectivity index is 2.28. The lowest BCUT2D eigenvalue weighted by molar-refractivity contribution is 0.342. The first-order valence-corrected chi connectivity index (χ1v) is 4.16. The first kappa shape index (κ1) is 6.41. The molecule has 2 aliphatic rings. The van der Waals surface area contributed by atoms with Crippen LogP contribution in [0.3, 0.4) is 0 Å². The summed E-state index contributed by atoms with van der Waals surface area (Å²) in [5.41, 5.74) is 3.29. The van der Waals surface area contributed by atoms with Crippen LogP contribution < -0.4 is 0 Å². The Morgan fingerprint density at radius 3 is 3.00 bits per heavy atom. The summed E-state index contributed by atoms with van der Waals surface area (Å²) in [5, 5.41) is 0. The van der Waals surface area contributed by atoms with Crippen LogP contribution in [0.5, 0.6) is 0 Å². The molecule has 2 heterocycles. The molecule has 1 heteroatoms. The third kappa shape index (κ3) is 0.807. The van der Waals surface area contributed by atoms with Crippen molar-refractivity contribution in [3.63, 3.8) is 0 Å². The Labute approximate surface area is 62.7 Å². The van der Waals surface area contributed by atoms with Gasteiger partial charge < -0.3 is 0 Å². The number of fused-ring (bicyclic) bond motifs is 2. The molecular weight excluding hydrogens is 122 g/mol. The van der Waals surface area contributed by atoms with Crippen LogP contribution in [0.1, 0.15) is 20.3 Å². The van der Waals surface area contributed by atoms with Crippen molar-refractivity contribution in [1.82, 2.24) is 4.90 Å². The van der Waals surface area contributed by atoms with Gasteiger partial charge in [0.2, 0.25) is 0 Å². The SMILES string of the molecule is CC1=C(C)C2CCN(C1)C2. The van der Waals surface area contributed by atoms with E-state index >= 15 is 0 Å². The molecule has 0 spiro atoms. The Hall–Kier alpha value is -0.300. The summed E-state index contributed by atoms with van der Waals surface area (Å²) in [6.45, 7) is 8.49. The van der Waals surface area contributed by atoms with Crippen LogP contribution in [0, 0.1) is 5.92 Å². The van der Waals surface area contributed by atoms with Crippen LogP contribution in [0.15, 0.2) is 11.1 Å². The van der Waals surface area contributed by atoms with E-state index in [1.807, 2.05) is 0 Å². The molecule has 0 aromatic heterocycles. The van der Waals surface area contributed by atoms with Crippen molar-refractivity contribution >= 4 is 0 Å². The van der Waals surface area contributed by atoms with Crippen molar-refractivity contribution in [2.75, 3.05) is 19.6 Å². The highest BCUT2D eigenvalue weighted by molar-refractivity contribution is 5.20. The maximum absolute atomic E-state index is 2.56. The van der Waals surface area contributed by atoms with E-state index in [1.54, 1.807) is 11.1 Å². The fourth-order valence-corrected chi connectivity index (χ4v) is 2.14. The zero-order valence-corrected chi connectivity index (χ0v) is 6.85. The summed E-state index contributed by atoms with van der Waals surface area (Å²) in [6, 6.07) is 0. The molecule has 2 aliphatic heterocycles. The predicted molar refractivity (Wildman–Crippen MR) is 42.9 cm³/mol. The molecule has 0 aromatic rings. The fourth-order valence-electron chi connectivity index (χ4n) is 2.14. The first-order valence-electron chi connectivity index (χ1n) is 4.16. The second-order valence-electron chi connectivity index (χ2n) is 3.68. The van der Waals surface area contributed by atoms with Crippen molar-refractivity contribution < 1.29 is 0 Å². The van der Waals surface area contributed by atoms with Gasteiger partial charge in [-0.25, -0.2) is 0 Å². The standard InChI is InChI=1S/C9H15N/c1-7-5-10-4-3-9(6-10)8(7)2/h9H,3-6H2,1-2H3. The lowest BCUT2D eigenvalue weighted by atomic mass is 9.94. The second kappa shape index (κ2) is 2.09.